The SMILES string of the molecule is NC(CCC1CCCO1)c1cccc(F)c1F. The predicted molar refractivity (Wildman–Crippen MR) is 61.5 cm³/mol. The molecular weight excluding hydrogens is 224 g/mol. The molecule has 1 saturated heterocycles. The van der Waals surface area contributed by atoms with Gasteiger partial charge in [-0.25, -0.2) is 8.78 Å². The molecule has 0 amide bonds. The molecule has 1 fully saturated rings. The van der Waals surface area contributed by atoms with Crippen LogP contribution in [0.3, 0.4) is 0 Å². The standard InChI is InChI=1S/C13H17F2NO/c14-11-5-1-4-10(13(11)15)12(16)7-6-9-3-2-8-17-9/h1,4-5,9,12H,2-3,6-8,16H2. The smallest absolute Gasteiger partial charge is 0.163 e. The van der Waals surface area contributed by atoms with E-state index in [-0.39, 0.29) is 11.7 Å². The molecule has 1 aliphatic heterocycles. The highest BCUT2D eigenvalue weighted by molar-refractivity contribution is 5.22. The molecule has 2 N–H and O–H groups in total. The lowest BCUT2D eigenvalue weighted by atomic mass is 9.99. The van der Waals surface area contributed by atoms with E-state index in [2.05, 4.69) is 0 Å². The van der Waals surface area contributed by atoms with Crippen LogP contribution in [0.1, 0.15) is 37.3 Å². The molecule has 2 rings (SSSR count). The number of hydrogen-bond donors (Lipinski definition) is 1. The van der Waals surface area contributed by atoms with E-state index in [0.717, 1.165) is 31.9 Å². The van der Waals surface area contributed by atoms with Crippen LogP contribution in [0.4, 0.5) is 8.78 Å². The van der Waals surface area contributed by atoms with Crippen molar-refractivity contribution >= 4 is 0 Å². The Bertz CT molecular complexity index is 378. The molecule has 0 aliphatic carbocycles. The van der Waals surface area contributed by atoms with Crippen molar-refractivity contribution in [2.45, 2.75) is 37.8 Å². The second-order valence-corrected chi connectivity index (χ2v) is 4.46. The molecule has 2 unspecified atom stereocenters. The molecule has 0 spiro atoms. The lowest BCUT2D eigenvalue weighted by Crippen LogP contribution is -2.16. The average molecular weight is 241 g/mol. The molecule has 17 heavy (non-hydrogen) atoms. The first-order valence-electron chi connectivity index (χ1n) is 5.99. The third-order valence-corrected chi connectivity index (χ3v) is 3.20. The number of rotatable bonds is 4. The van der Waals surface area contributed by atoms with Gasteiger partial charge in [-0.15, -0.1) is 0 Å². The quantitative estimate of drug-likeness (QED) is 0.879. The number of nitrogens with two attached hydrogens (primary N) is 1. The number of hydrogen-bond acceptors (Lipinski definition) is 2. The zero-order valence-corrected chi connectivity index (χ0v) is 9.66. The highest BCUT2D eigenvalue weighted by Crippen LogP contribution is 2.24. The van der Waals surface area contributed by atoms with Crippen molar-refractivity contribution in [2.75, 3.05) is 6.61 Å². The van der Waals surface area contributed by atoms with Crippen LogP contribution in [0.15, 0.2) is 18.2 Å². The fraction of sp³-hybridized carbons (Fsp3) is 0.538. The molecule has 1 aromatic rings. The van der Waals surface area contributed by atoms with Crippen molar-refractivity contribution in [3.63, 3.8) is 0 Å². The Morgan fingerprint density at radius 3 is 2.94 bits per heavy atom. The Hall–Kier alpha value is -1.00. The van der Waals surface area contributed by atoms with E-state index in [0.29, 0.717) is 6.42 Å². The van der Waals surface area contributed by atoms with Crippen LogP contribution < -0.4 is 5.73 Å². The Morgan fingerprint density at radius 1 is 1.41 bits per heavy atom. The molecule has 4 heteroatoms. The van der Waals surface area contributed by atoms with Crippen LogP contribution in [0.25, 0.3) is 0 Å². The van der Waals surface area contributed by atoms with Crippen molar-refractivity contribution < 1.29 is 13.5 Å². The van der Waals surface area contributed by atoms with Crippen molar-refractivity contribution in [1.82, 2.24) is 0 Å². The number of benzene rings is 1. The summed E-state index contributed by atoms with van der Waals surface area (Å²) in [5.74, 6) is -1.66. The minimum atomic E-state index is -0.838. The van der Waals surface area contributed by atoms with Crippen LogP contribution in [-0.4, -0.2) is 12.7 Å². The van der Waals surface area contributed by atoms with E-state index in [1.807, 2.05) is 0 Å². The van der Waals surface area contributed by atoms with Gasteiger partial charge in [0.15, 0.2) is 11.6 Å². The van der Waals surface area contributed by atoms with Gasteiger partial charge in [0, 0.05) is 18.2 Å². The van der Waals surface area contributed by atoms with Gasteiger partial charge in [0.25, 0.3) is 0 Å². The van der Waals surface area contributed by atoms with Crippen molar-refractivity contribution in [2.24, 2.45) is 5.73 Å². The van der Waals surface area contributed by atoms with E-state index in [1.165, 1.54) is 6.07 Å². The van der Waals surface area contributed by atoms with Crippen molar-refractivity contribution in [3.8, 4) is 0 Å². The fourth-order valence-corrected chi connectivity index (χ4v) is 2.20. The summed E-state index contributed by atoms with van der Waals surface area (Å²) in [7, 11) is 0. The van der Waals surface area contributed by atoms with E-state index in [4.69, 9.17) is 10.5 Å². The summed E-state index contributed by atoms with van der Waals surface area (Å²) < 4.78 is 32.0. The first-order valence-corrected chi connectivity index (χ1v) is 5.99. The summed E-state index contributed by atoms with van der Waals surface area (Å²) in [5.41, 5.74) is 6.13. The van der Waals surface area contributed by atoms with Gasteiger partial charge < -0.3 is 10.5 Å². The summed E-state index contributed by atoms with van der Waals surface area (Å²) in [5, 5.41) is 0. The van der Waals surface area contributed by atoms with Gasteiger partial charge in [-0.2, -0.15) is 0 Å². The molecule has 1 heterocycles. The molecule has 0 aromatic heterocycles. The maximum atomic E-state index is 13.5. The zero-order valence-electron chi connectivity index (χ0n) is 9.66. The molecule has 2 atom stereocenters. The molecule has 2 nitrogen and oxygen atoms in total. The second-order valence-electron chi connectivity index (χ2n) is 4.46. The second kappa shape index (κ2) is 5.56. The molecule has 94 valence electrons. The Kier molecular flexibility index (Phi) is 4.07. The Labute approximate surface area is 99.8 Å². The van der Waals surface area contributed by atoms with E-state index in [1.54, 1.807) is 6.07 Å². The lowest BCUT2D eigenvalue weighted by Gasteiger charge is -2.15. The van der Waals surface area contributed by atoms with Crippen molar-refractivity contribution in [1.29, 1.82) is 0 Å². The fourth-order valence-electron chi connectivity index (χ4n) is 2.20. The minimum absolute atomic E-state index is 0.234. The highest BCUT2D eigenvalue weighted by atomic mass is 19.2. The maximum Gasteiger partial charge on any atom is 0.163 e. The number of halogens is 2. The summed E-state index contributed by atoms with van der Waals surface area (Å²) >= 11 is 0. The molecule has 1 aliphatic rings. The summed E-state index contributed by atoms with van der Waals surface area (Å²) in [6, 6.07) is 3.67. The van der Waals surface area contributed by atoms with Gasteiger partial charge in [0.1, 0.15) is 0 Å². The van der Waals surface area contributed by atoms with Gasteiger partial charge >= 0.3 is 0 Å². The monoisotopic (exact) mass is 241 g/mol. The molecule has 0 bridgehead atoms. The average Bonchev–Trinajstić information content (AvgIpc) is 2.82. The topological polar surface area (TPSA) is 35.2 Å². The summed E-state index contributed by atoms with van der Waals surface area (Å²) in [4.78, 5) is 0. The van der Waals surface area contributed by atoms with Crippen LogP contribution in [0.2, 0.25) is 0 Å². The predicted octanol–water partition coefficient (Wildman–Crippen LogP) is 2.92. The highest BCUT2D eigenvalue weighted by Gasteiger charge is 2.19. The van der Waals surface area contributed by atoms with E-state index >= 15 is 0 Å². The third kappa shape index (κ3) is 3.01. The van der Waals surface area contributed by atoms with Gasteiger partial charge in [-0.05, 0) is 31.7 Å². The van der Waals surface area contributed by atoms with Crippen molar-refractivity contribution in [3.05, 3.63) is 35.4 Å². The molecule has 0 radical (unpaired) electrons. The Balaban J connectivity index is 1.94. The van der Waals surface area contributed by atoms with E-state index < -0.39 is 17.7 Å². The molecule has 0 saturated carbocycles. The Morgan fingerprint density at radius 2 is 2.24 bits per heavy atom. The molecular formula is C13H17F2NO. The first-order chi connectivity index (χ1) is 8.18. The zero-order chi connectivity index (χ0) is 12.3. The minimum Gasteiger partial charge on any atom is -0.378 e. The van der Waals surface area contributed by atoms with Gasteiger partial charge in [-0.1, -0.05) is 12.1 Å². The molecule has 1 aromatic carbocycles. The van der Waals surface area contributed by atoms with E-state index in [9.17, 15) is 8.78 Å². The van der Waals surface area contributed by atoms with Gasteiger partial charge in [0.05, 0.1) is 6.10 Å². The van der Waals surface area contributed by atoms with Crippen LogP contribution in [-0.2, 0) is 4.74 Å². The largest absolute Gasteiger partial charge is 0.378 e. The van der Waals surface area contributed by atoms with Gasteiger partial charge in [-0.3, -0.25) is 0 Å². The normalized spacial score (nSPS) is 21.7. The summed E-state index contributed by atoms with van der Waals surface area (Å²) in [6.07, 6.45) is 3.77. The summed E-state index contributed by atoms with van der Waals surface area (Å²) in [6.45, 7) is 0.800. The lowest BCUT2D eigenvalue weighted by molar-refractivity contribution is 0.101. The maximum absolute atomic E-state index is 13.5. The third-order valence-electron chi connectivity index (χ3n) is 3.20. The van der Waals surface area contributed by atoms with Crippen LogP contribution in [0, 0.1) is 11.6 Å². The van der Waals surface area contributed by atoms with Crippen LogP contribution in [0.5, 0.6) is 0 Å². The van der Waals surface area contributed by atoms with Crippen LogP contribution >= 0.6 is 0 Å². The first kappa shape index (κ1) is 12.5. The van der Waals surface area contributed by atoms with Gasteiger partial charge in [0.2, 0.25) is 0 Å². The number of ether oxygens (including phenoxy) is 1.